The van der Waals surface area contributed by atoms with Crippen LogP contribution in [0.4, 0.5) is 5.69 Å². The highest BCUT2D eigenvalue weighted by molar-refractivity contribution is 5.91. The van der Waals surface area contributed by atoms with Crippen LogP contribution in [0.5, 0.6) is 5.75 Å². The molecule has 1 aromatic carbocycles. The average Bonchev–Trinajstić information content (AvgIpc) is 2.18. The Morgan fingerprint density at radius 3 is 2.57 bits per heavy atom. The number of benzene rings is 1. The van der Waals surface area contributed by atoms with Gasteiger partial charge in [-0.1, -0.05) is 0 Å². The Bertz CT molecular complexity index is 319. The topological polar surface area (TPSA) is 66.4 Å². The number of nitrogens with one attached hydrogen (secondary N) is 1. The summed E-state index contributed by atoms with van der Waals surface area (Å²) in [5, 5.41) is 11.6. The van der Waals surface area contributed by atoms with Crippen molar-refractivity contribution in [2.45, 2.75) is 12.8 Å². The quantitative estimate of drug-likeness (QED) is 0.559. The van der Waals surface area contributed by atoms with Crippen LogP contribution in [-0.4, -0.2) is 17.3 Å². The highest BCUT2D eigenvalue weighted by Gasteiger charge is 2.00. The fourth-order valence-electron chi connectivity index (χ4n) is 0.958. The van der Waals surface area contributed by atoms with Gasteiger partial charge in [-0.3, -0.25) is 4.79 Å². The first kappa shape index (κ1) is 10.2. The van der Waals surface area contributed by atoms with Crippen LogP contribution in [0, 0.1) is 0 Å². The molecule has 0 fully saturated rings. The van der Waals surface area contributed by atoms with E-state index < -0.39 is 0 Å². The molecule has 0 bridgehead atoms. The molecule has 0 saturated carbocycles. The predicted molar refractivity (Wildman–Crippen MR) is 52.0 cm³/mol. The summed E-state index contributed by atoms with van der Waals surface area (Å²) in [6.45, 7) is 0. The molecule has 0 aliphatic rings. The number of aromatic hydroxyl groups is 1. The molecule has 4 nitrogen and oxygen atoms in total. The summed E-state index contributed by atoms with van der Waals surface area (Å²) in [4.78, 5) is 21.1. The second-order valence-electron chi connectivity index (χ2n) is 2.80. The maximum Gasteiger partial charge on any atom is 0.224 e. The van der Waals surface area contributed by atoms with Gasteiger partial charge in [-0.2, -0.15) is 0 Å². The molecule has 1 amide bonds. The molecule has 1 aromatic rings. The zero-order chi connectivity index (χ0) is 10.4. The van der Waals surface area contributed by atoms with E-state index in [2.05, 4.69) is 5.32 Å². The number of rotatable bonds is 4. The molecule has 0 spiro atoms. The minimum Gasteiger partial charge on any atom is -0.508 e. The highest BCUT2D eigenvalue weighted by atomic mass is 16.3. The Balaban J connectivity index is 2.47. The number of anilines is 1. The summed E-state index contributed by atoms with van der Waals surface area (Å²) in [6, 6.07) is 6.15. The molecule has 1 rings (SSSR count). The number of hydrogen-bond acceptors (Lipinski definition) is 3. The zero-order valence-corrected chi connectivity index (χ0v) is 7.56. The van der Waals surface area contributed by atoms with Crippen molar-refractivity contribution < 1.29 is 14.7 Å². The van der Waals surface area contributed by atoms with Crippen LogP contribution in [-0.2, 0) is 9.59 Å². The van der Waals surface area contributed by atoms with E-state index in [0.29, 0.717) is 12.0 Å². The van der Waals surface area contributed by atoms with Crippen LogP contribution in [0.25, 0.3) is 0 Å². The smallest absolute Gasteiger partial charge is 0.224 e. The molecule has 0 unspecified atom stereocenters. The molecule has 0 heterocycles. The molecule has 0 aliphatic heterocycles. The van der Waals surface area contributed by atoms with E-state index in [1.165, 1.54) is 12.1 Å². The lowest BCUT2D eigenvalue weighted by Gasteiger charge is -2.03. The van der Waals surface area contributed by atoms with E-state index in [1.54, 1.807) is 12.1 Å². The highest BCUT2D eigenvalue weighted by Crippen LogP contribution is 2.13. The van der Waals surface area contributed by atoms with E-state index in [4.69, 9.17) is 5.11 Å². The van der Waals surface area contributed by atoms with Gasteiger partial charge in [0.2, 0.25) is 5.91 Å². The maximum atomic E-state index is 11.1. The third-order valence-corrected chi connectivity index (χ3v) is 1.64. The van der Waals surface area contributed by atoms with Gasteiger partial charge in [0.25, 0.3) is 0 Å². The number of carbonyl (C=O) groups is 2. The first-order valence-corrected chi connectivity index (χ1v) is 4.25. The molecule has 2 N–H and O–H groups in total. The molecule has 14 heavy (non-hydrogen) atoms. The van der Waals surface area contributed by atoms with Gasteiger partial charge in [0, 0.05) is 18.5 Å². The fraction of sp³-hybridized carbons (Fsp3) is 0.200. The fourth-order valence-corrected chi connectivity index (χ4v) is 0.958. The van der Waals surface area contributed by atoms with E-state index in [0.717, 1.165) is 0 Å². The minimum absolute atomic E-state index is 0.149. The number of phenols is 1. The first-order chi connectivity index (χ1) is 6.72. The molecular weight excluding hydrogens is 182 g/mol. The number of aldehydes is 1. The Labute approximate surface area is 81.6 Å². The maximum absolute atomic E-state index is 11.1. The van der Waals surface area contributed by atoms with Crippen molar-refractivity contribution in [3.8, 4) is 5.75 Å². The molecule has 0 aliphatic carbocycles. The number of carbonyl (C=O) groups excluding carboxylic acids is 2. The molecular formula is C10H11NO3. The van der Waals surface area contributed by atoms with Crippen molar-refractivity contribution in [3.05, 3.63) is 24.3 Å². The van der Waals surface area contributed by atoms with Crippen molar-refractivity contribution in [1.82, 2.24) is 0 Å². The number of phenolic OH excluding ortho intramolecular Hbond substituents is 1. The van der Waals surface area contributed by atoms with Gasteiger partial charge >= 0.3 is 0 Å². The summed E-state index contributed by atoms with van der Waals surface area (Å²) >= 11 is 0. The Kier molecular flexibility index (Phi) is 3.67. The standard InChI is InChI=1S/C10H11NO3/c12-7-1-2-10(14)11-8-3-5-9(13)6-4-8/h3-7,13H,1-2H2,(H,11,14). The molecule has 0 aromatic heterocycles. The van der Waals surface area contributed by atoms with Gasteiger partial charge in [-0.25, -0.2) is 0 Å². The van der Waals surface area contributed by atoms with Crippen molar-refractivity contribution in [2.75, 3.05) is 5.32 Å². The lowest BCUT2D eigenvalue weighted by atomic mass is 10.2. The van der Waals surface area contributed by atoms with Crippen LogP contribution in [0.3, 0.4) is 0 Å². The SMILES string of the molecule is O=CCCC(=O)Nc1ccc(O)cc1. The lowest BCUT2D eigenvalue weighted by Crippen LogP contribution is -2.10. The van der Waals surface area contributed by atoms with Crippen LogP contribution in [0.1, 0.15) is 12.8 Å². The summed E-state index contributed by atoms with van der Waals surface area (Å²) in [5.41, 5.74) is 0.610. The Morgan fingerprint density at radius 1 is 1.36 bits per heavy atom. The normalized spacial score (nSPS) is 9.43. The van der Waals surface area contributed by atoms with Crippen molar-refractivity contribution in [2.24, 2.45) is 0 Å². The monoisotopic (exact) mass is 193 g/mol. The van der Waals surface area contributed by atoms with E-state index in [-0.39, 0.29) is 24.5 Å². The molecule has 0 saturated heterocycles. The average molecular weight is 193 g/mol. The van der Waals surface area contributed by atoms with E-state index in [1.807, 2.05) is 0 Å². The molecule has 74 valence electrons. The van der Waals surface area contributed by atoms with Gasteiger partial charge in [-0.05, 0) is 24.3 Å². The summed E-state index contributed by atoms with van der Waals surface area (Å²) in [5.74, 6) is -0.0568. The van der Waals surface area contributed by atoms with Crippen molar-refractivity contribution >= 4 is 17.9 Å². The zero-order valence-electron chi connectivity index (χ0n) is 7.56. The Hall–Kier alpha value is -1.84. The third-order valence-electron chi connectivity index (χ3n) is 1.64. The van der Waals surface area contributed by atoms with E-state index >= 15 is 0 Å². The molecule has 4 heteroatoms. The second kappa shape index (κ2) is 5.01. The van der Waals surface area contributed by atoms with E-state index in [9.17, 15) is 9.59 Å². The molecule has 0 radical (unpaired) electrons. The van der Waals surface area contributed by atoms with Gasteiger partial charge in [-0.15, -0.1) is 0 Å². The van der Waals surface area contributed by atoms with Crippen molar-refractivity contribution in [3.63, 3.8) is 0 Å². The van der Waals surface area contributed by atoms with Crippen LogP contribution in [0.15, 0.2) is 24.3 Å². The Morgan fingerprint density at radius 2 is 2.00 bits per heavy atom. The number of amides is 1. The van der Waals surface area contributed by atoms with Gasteiger partial charge in [0.05, 0.1) is 0 Å². The number of hydrogen-bond donors (Lipinski definition) is 2. The predicted octanol–water partition coefficient (Wildman–Crippen LogP) is 1.31. The van der Waals surface area contributed by atoms with Crippen LogP contribution < -0.4 is 5.32 Å². The summed E-state index contributed by atoms with van der Waals surface area (Å²) in [6.07, 6.45) is 1.12. The molecule has 0 atom stereocenters. The van der Waals surface area contributed by atoms with Crippen LogP contribution in [0.2, 0.25) is 0 Å². The summed E-state index contributed by atoms with van der Waals surface area (Å²) in [7, 11) is 0. The summed E-state index contributed by atoms with van der Waals surface area (Å²) < 4.78 is 0. The second-order valence-corrected chi connectivity index (χ2v) is 2.80. The van der Waals surface area contributed by atoms with Gasteiger partial charge < -0.3 is 15.2 Å². The first-order valence-electron chi connectivity index (χ1n) is 4.25. The van der Waals surface area contributed by atoms with Crippen LogP contribution >= 0.6 is 0 Å². The third kappa shape index (κ3) is 3.26. The van der Waals surface area contributed by atoms with Gasteiger partial charge in [0.1, 0.15) is 12.0 Å². The van der Waals surface area contributed by atoms with Gasteiger partial charge in [0.15, 0.2) is 0 Å². The largest absolute Gasteiger partial charge is 0.508 e. The van der Waals surface area contributed by atoms with Crippen molar-refractivity contribution in [1.29, 1.82) is 0 Å². The lowest BCUT2D eigenvalue weighted by molar-refractivity contribution is -0.118. The minimum atomic E-state index is -0.206.